The molecule has 0 aliphatic carbocycles. The number of phenolic OH excluding ortho intramolecular Hbond substituents is 1. The van der Waals surface area contributed by atoms with Crippen molar-refractivity contribution in [2.24, 2.45) is 0 Å². The SMILES string of the molecule is COCc1cc(CC2(NCc3ccc(OC)cc3O)COC2)no1. The first-order valence-electron chi connectivity index (χ1n) is 7.76. The molecule has 1 aromatic carbocycles. The van der Waals surface area contributed by atoms with E-state index in [2.05, 4.69) is 10.5 Å². The third kappa shape index (κ3) is 3.69. The summed E-state index contributed by atoms with van der Waals surface area (Å²) in [6, 6.07) is 7.18. The highest BCUT2D eigenvalue weighted by molar-refractivity contribution is 5.39. The van der Waals surface area contributed by atoms with E-state index in [1.54, 1.807) is 20.3 Å². The van der Waals surface area contributed by atoms with Crippen LogP contribution in [-0.4, -0.2) is 43.2 Å². The van der Waals surface area contributed by atoms with E-state index in [0.29, 0.717) is 44.3 Å². The van der Waals surface area contributed by atoms with E-state index in [1.165, 1.54) is 0 Å². The fraction of sp³-hybridized carbons (Fsp3) is 0.471. The van der Waals surface area contributed by atoms with Gasteiger partial charge in [-0.25, -0.2) is 0 Å². The van der Waals surface area contributed by atoms with Gasteiger partial charge in [-0.2, -0.15) is 0 Å². The molecule has 0 atom stereocenters. The van der Waals surface area contributed by atoms with Crippen molar-refractivity contribution in [3.8, 4) is 11.5 Å². The largest absolute Gasteiger partial charge is 0.507 e. The Kier molecular flexibility index (Phi) is 5.03. The van der Waals surface area contributed by atoms with Gasteiger partial charge >= 0.3 is 0 Å². The minimum absolute atomic E-state index is 0.201. The summed E-state index contributed by atoms with van der Waals surface area (Å²) in [6.45, 7) is 2.12. The van der Waals surface area contributed by atoms with Crippen LogP contribution in [0.2, 0.25) is 0 Å². The number of aromatic hydroxyl groups is 1. The van der Waals surface area contributed by atoms with E-state index in [0.717, 1.165) is 11.3 Å². The van der Waals surface area contributed by atoms with Gasteiger partial charge in [-0.3, -0.25) is 0 Å². The molecule has 2 N–H and O–H groups in total. The third-order valence-corrected chi connectivity index (χ3v) is 4.12. The van der Waals surface area contributed by atoms with Crippen LogP contribution in [0, 0.1) is 0 Å². The maximum Gasteiger partial charge on any atom is 0.162 e. The Balaban J connectivity index is 1.63. The fourth-order valence-corrected chi connectivity index (χ4v) is 2.71. The van der Waals surface area contributed by atoms with Gasteiger partial charge in [0.25, 0.3) is 0 Å². The van der Waals surface area contributed by atoms with Gasteiger partial charge in [0.1, 0.15) is 18.1 Å². The van der Waals surface area contributed by atoms with E-state index in [-0.39, 0.29) is 11.3 Å². The van der Waals surface area contributed by atoms with Crippen LogP contribution in [0.1, 0.15) is 17.0 Å². The summed E-state index contributed by atoms with van der Waals surface area (Å²) in [5, 5.41) is 17.6. The first-order chi connectivity index (χ1) is 11.6. The first-order valence-corrected chi connectivity index (χ1v) is 7.76. The van der Waals surface area contributed by atoms with Crippen LogP contribution >= 0.6 is 0 Å². The average molecular weight is 334 g/mol. The molecule has 0 unspecified atom stereocenters. The number of aromatic nitrogens is 1. The van der Waals surface area contributed by atoms with Crippen LogP contribution in [0.3, 0.4) is 0 Å². The molecule has 1 aliphatic rings. The smallest absolute Gasteiger partial charge is 0.162 e. The fourth-order valence-electron chi connectivity index (χ4n) is 2.71. The van der Waals surface area contributed by atoms with Gasteiger partial charge in [-0.15, -0.1) is 0 Å². The molecule has 1 aliphatic heterocycles. The van der Waals surface area contributed by atoms with Gasteiger partial charge in [-0.05, 0) is 6.07 Å². The summed E-state index contributed by atoms with van der Waals surface area (Å²) in [5.74, 6) is 1.54. The van der Waals surface area contributed by atoms with Gasteiger partial charge < -0.3 is 29.2 Å². The van der Waals surface area contributed by atoms with E-state index in [9.17, 15) is 5.11 Å². The minimum Gasteiger partial charge on any atom is -0.507 e. The molecule has 2 heterocycles. The van der Waals surface area contributed by atoms with E-state index >= 15 is 0 Å². The molecule has 1 fully saturated rings. The number of methoxy groups -OCH3 is 2. The molecule has 0 bridgehead atoms. The molecule has 2 aromatic rings. The number of rotatable bonds is 8. The Morgan fingerprint density at radius 1 is 1.29 bits per heavy atom. The maximum absolute atomic E-state index is 10.1. The monoisotopic (exact) mass is 334 g/mol. The topological polar surface area (TPSA) is 86.0 Å². The van der Waals surface area contributed by atoms with Crippen LogP contribution in [0.5, 0.6) is 11.5 Å². The molecule has 0 saturated carbocycles. The number of benzene rings is 1. The van der Waals surface area contributed by atoms with Crippen molar-refractivity contribution in [1.29, 1.82) is 0 Å². The Morgan fingerprint density at radius 2 is 2.12 bits per heavy atom. The zero-order chi connectivity index (χ0) is 17.0. The maximum atomic E-state index is 10.1. The predicted octanol–water partition coefficient (Wildman–Crippen LogP) is 1.64. The summed E-state index contributed by atoms with van der Waals surface area (Å²) in [4.78, 5) is 0. The molecule has 24 heavy (non-hydrogen) atoms. The quantitative estimate of drug-likeness (QED) is 0.759. The van der Waals surface area contributed by atoms with Gasteiger partial charge in [0.05, 0.1) is 31.6 Å². The second kappa shape index (κ2) is 7.21. The van der Waals surface area contributed by atoms with Gasteiger partial charge in [0, 0.05) is 37.8 Å². The molecule has 3 rings (SSSR count). The highest BCUT2D eigenvalue weighted by Crippen LogP contribution is 2.27. The highest BCUT2D eigenvalue weighted by atomic mass is 16.5. The van der Waals surface area contributed by atoms with E-state index in [1.807, 2.05) is 18.2 Å². The lowest BCUT2D eigenvalue weighted by atomic mass is 9.90. The zero-order valence-corrected chi connectivity index (χ0v) is 13.9. The van der Waals surface area contributed by atoms with Crippen LogP contribution in [-0.2, 0) is 29.0 Å². The van der Waals surface area contributed by atoms with E-state index < -0.39 is 0 Å². The van der Waals surface area contributed by atoms with Crippen molar-refractivity contribution in [2.45, 2.75) is 25.1 Å². The second-order valence-corrected chi connectivity index (χ2v) is 6.02. The van der Waals surface area contributed by atoms with Gasteiger partial charge in [0.2, 0.25) is 0 Å². The van der Waals surface area contributed by atoms with Crippen molar-refractivity contribution in [3.63, 3.8) is 0 Å². The van der Waals surface area contributed by atoms with Crippen LogP contribution in [0.15, 0.2) is 28.8 Å². The average Bonchev–Trinajstić information content (AvgIpc) is 2.98. The number of nitrogens with zero attached hydrogens (tertiary/aromatic N) is 1. The first kappa shape index (κ1) is 16.8. The van der Waals surface area contributed by atoms with Gasteiger partial charge in [-0.1, -0.05) is 11.2 Å². The molecule has 1 aromatic heterocycles. The van der Waals surface area contributed by atoms with Crippen LogP contribution < -0.4 is 10.1 Å². The number of hydrogen-bond donors (Lipinski definition) is 2. The lowest BCUT2D eigenvalue weighted by Crippen LogP contribution is -2.61. The Bertz CT molecular complexity index is 681. The van der Waals surface area contributed by atoms with Crippen molar-refractivity contribution >= 4 is 0 Å². The van der Waals surface area contributed by atoms with Crippen LogP contribution in [0.25, 0.3) is 0 Å². The Labute approximate surface area is 140 Å². The van der Waals surface area contributed by atoms with Crippen molar-refractivity contribution in [3.05, 3.63) is 41.3 Å². The molecule has 7 heteroatoms. The Morgan fingerprint density at radius 3 is 2.75 bits per heavy atom. The summed E-state index contributed by atoms with van der Waals surface area (Å²) in [6.07, 6.45) is 0.692. The standard InChI is InChI=1S/C17H22N2O5/c1-21-9-15-5-13(19-24-15)7-17(10-23-11-17)18-8-12-3-4-14(22-2)6-16(12)20/h3-6,18,20H,7-11H2,1-2H3. The second-order valence-electron chi connectivity index (χ2n) is 6.02. The minimum atomic E-state index is -0.201. The van der Waals surface area contributed by atoms with Crippen molar-refractivity contribution in [1.82, 2.24) is 10.5 Å². The summed E-state index contributed by atoms with van der Waals surface area (Å²) in [5.41, 5.74) is 1.47. The van der Waals surface area contributed by atoms with Crippen molar-refractivity contribution in [2.75, 3.05) is 27.4 Å². The van der Waals surface area contributed by atoms with Crippen LogP contribution in [0.4, 0.5) is 0 Å². The molecule has 0 radical (unpaired) electrons. The zero-order valence-electron chi connectivity index (χ0n) is 13.9. The molecule has 7 nitrogen and oxygen atoms in total. The number of ether oxygens (including phenoxy) is 3. The summed E-state index contributed by atoms with van der Waals surface area (Å²) in [7, 11) is 3.19. The lowest BCUT2D eigenvalue weighted by molar-refractivity contribution is -0.0756. The summed E-state index contributed by atoms with van der Waals surface area (Å²) < 4.78 is 20.8. The molecule has 0 amide bonds. The normalized spacial score (nSPS) is 15.9. The lowest BCUT2D eigenvalue weighted by Gasteiger charge is -2.42. The summed E-state index contributed by atoms with van der Waals surface area (Å²) >= 11 is 0. The Hall–Kier alpha value is -2.09. The molecule has 1 saturated heterocycles. The number of hydrogen-bond acceptors (Lipinski definition) is 7. The third-order valence-electron chi connectivity index (χ3n) is 4.12. The van der Waals surface area contributed by atoms with E-state index in [4.69, 9.17) is 18.7 Å². The van der Waals surface area contributed by atoms with Crippen molar-refractivity contribution < 1.29 is 23.8 Å². The molecule has 0 spiro atoms. The number of nitrogens with one attached hydrogen (secondary N) is 1. The highest BCUT2D eigenvalue weighted by Gasteiger charge is 2.39. The molecular weight excluding hydrogens is 312 g/mol. The predicted molar refractivity (Wildman–Crippen MR) is 86.0 cm³/mol. The molecule has 130 valence electrons. The van der Waals surface area contributed by atoms with Gasteiger partial charge in [0.15, 0.2) is 5.76 Å². The number of phenols is 1. The molecular formula is C17H22N2O5.